The number of hydrogen-bond acceptors (Lipinski definition) is 3. The summed E-state index contributed by atoms with van der Waals surface area (Å²) in [4.78, 5) is 27.5. The fourth-order valence-electron chi connectivity index (χ4n) is 3.75. The molecule has 0 unspecified atom stereocenters. The lowest BCUT2D eigenvalue weighted by Gasteiger charge is -2.41. The van der Waals surface area contributed by atoms with Crippen LogP contribution in [0.1, 0.15) is 31.2 Å². The predicted octanol–water partition coefficient (Wildman–Crippen LogP) is 2.70. The molecule has 0 bridgehead atoms. The van der Waals surface area contributed by atoms with Gasteiger partial charge >= 0.3 is 0 Å². The van der Waals surface area contributed by atoms with E-state index in [1.165, 1.54) is 0 Å². The van der Waals surface area contributed by atoms with Crippen LogP contribution in [0.25, 0.3) is 0 Å². The van der Waals surface area contributed by atoms with Gasteiger partial charge in [-0.3, -0.25) is 14.5 Å². The Hall–Kier alpha value is -3.38. The fraction of sp³-hybridized carbons (Fsp3) is 0.217. The van der Waals surface area contributed by atoms with Crippen LogP contribution < -0.4 is 15.5 Å². The second kappa shape index (κ2) is 7.56. The highest BCUT2D eigenvalue weighted by Crippen LogP contribution is 2.36. The lowest BCUT2D eigenvalue weighted by molar-refractivity contribution is -0.678. The lowest BCUT2D eigenvalue weighted by Crippen LogP contribution is -2.88. The van der Waals surface area contributed by atoms with Crippen molar-refractivity contribution in [2.24, 2.45) is 0 Å². The minimum Gasteiger partial charge on any atom is -0.463 e. The molecule has 0 fully saturated rings. The molecule has 0 aliphatic carbocycles. The van der Waals surface area contributed by atoms with Gasteiger partial charge in [0.2, 0.25) is 5.91 Å². The van der Waals surface area contributed by atoms with E-state index < -0.39 is 5.54 Å². The van der Waals surface area contributed by atoms with Crippen LogP contribution in [0.4, 0.5) is 11.4 Å². The summed E-state index contributed by atoms with van der Waals surface area (Å²) in [6.07, 6.45) is 1.63. The average Bonchev–Trinajstić information content (AvgIpc) is 3.24. The smallest absolute Gasteiger partial charge is 0.283 e. The Morgan fingerprint density at radius 2 is 1.79 bits per heavy atom. The fourth-order valence-corrected chi connectivity index (χ4v) is 3.75. The molecule has 0 spiro atoms. The molecule has 2 heterocycles. The maximum absolute atomic E-state index is 13.3. The van der Waals surface area contributed by atoms with E-state index in [0.29, 0.717) is 11.4 Å². The molecule has 1 aliphatic rings. The molecule has 0 radical (unpaired) electrons. The van der Waals surface area contributed by atoms with Gasteiger partial charge in [0.05, 0.1) is 17.6 Å². The van der Waals surface area contributed by atoms with Gasteiger partial charge < -0.3 is 15.1 Å². The number of nitrogens with one attached hydrogen (secondary N) is 1. The first-order valence-corrected chi connectivity index (χ1v) is 9.63. The molecule has 1 atom stereocenters. The molecule has 1 aliphatic heterocycles. The Balaban J connectivity index is 1.60. The SMILES string of the molecule is CC1(C)C(=O)Nc2ccccc2N1C(=O)C[NH2+][C@@H](c1ccccc1)c1ccco1. The van der Waals surface area contributed by atoms with Gasteiger partial charge in [0.25, 0.3) is 5.91 Å². The zero-order valence-corrected chi connectivity index (χ0v) is 16.5. The summed E-state index contributed by atoms with van der Waals surface area (Å²) in [5.41, 5.74) is 1.43. The zero-order valence-electron chi connectivity index (χ0n) is 16.5. The molecule has 0 saturated carbocycles. The van der Waals surface area contributed by atoms with Gasteiger partial charge in [-0.15, -0.1) is 0 Å². The standard InChI is InChI=1S/C23H23N3O3/c1-23(2)22(28)25-17-11-6-7-12-18(17)26(23)20(27)15-24-21(19-13-8-14-29-19)16-9-4-3-5-10-16/h3-14,21,24H,15H2,1-2H3,(H,25,28)/p+1/t21-/m0/s1. The minimum atomic E-state index is -0.980. The Morgan fingerprint density at radius 1 is 1.07 bits per heavy atom. The Labute approximate surface area is 169 Å². The molecule has 2 aromatic carbocycles. The largest absolute Gasteiger partial charge is 0.463 e. The number of nitrogens with zero attached hydrogens (tertiary/aromatic N) is 1. The van der Waals surface area contributed by atoms with E-state index >= 15 is 0 Å². The Bertz CT molecular complexity index is 1010. The summed E-state index contributed by atoms with van der Waals surface area (Å²) in [6, 6.07) is 20.9. The van der Waals surface area contributed by atoms with E-state index in [9.17, 15) is 9.59 Å². The summed E-state index contributed by atoms with van der Waals surface area (Å²) >= 11 is 0. The number of furan rings is 1. The molecule has 4 rings (SSSR count). The summed E-state index contributed by atoms with van der Waals surface area (Å²) in [6.45, 7) is 3.69. The van der Waals surface area contributed by atoms with Crippen LogP contribution in [0.3, 0.4) is 0 Å². The number of anilines is 2. The Morgan fingerprint density at radius 3 is 2.52 bits per heavy atom. The topological polar surface area (TPSA) is 79.2 Å². The molecule has 29 heavy (non-hydrogen) atoms. The van der Waals surface area contributed by atoms with Crippen LogP contribution in [0.15, 0.2) is 77.4 Å². The van der Waals surface area contributed by atoms with Crippen molar-refractivity contribution < 1.29 is 19.3 Å². The van der Waals surface area contributed by atoms with E-state index in [1.807, 2.05) is 72.0 Å². The monoisotopic (exact) mass is 390 g/mol. The molecular weight excluding hydrogens is 366 g/mol. The van der Waals surface area contributed by atoms with Crippen LogP contribution in [0.5, 0.6) is 0 Å². The number of quaternary nitrogens is 1. The molecule has 6 nitrogen and oxygen atoms in total. The first-order valence-electron chi connectivity index (χ1n) is 9.63. The highest BCUT2D eigenvalue weighted by atomic mass is 16.3. The molecule has 3 N–H and O–H groups in total. The van der Waals surface area contributed by atoms with E-state index in [-0.39, 0.29) is 24.4 Å². The second-order valence-electron chi connectivity index (χ2n) is 7.60. The maximum atomic E-state index is 13.3. The molecule has 1 aromatic heterocycles. The van der Waals surface area contributed by atoms with Crippen LogP contribution in [-0.2, 0) is 9.59 Å². The van der Waals surface area contributed by atoms with E-state index in [4.69, 9.17) is 4.42 Å². The van der Waals surface area contributed by atoms with Gasteiger partial charge in [-0.25, -0.2) is 0 Å². The Kier molecular flexibility index (Phi) is 4.94. The zero-order chi connectivity index (χ0) is 20.4. The maximum Gasteiger partial charge on any atom is 0.283 e. The average molecular weight is 390 g/mol. The first kappa shape index (κ1) is 19.0. The number of nitrogens with two attached hydrogens (primary N) is 1. The number of para-hydroxylation sites is 2. The van der Waals surface area contributed by atoms with Gasteiger partial charge in [0, 0.05) is 5.56 Å². The summed E-state index contributed by atoms with van der Waals surface area (Å²) < 4.78 is 5.62. The van der Waals surface area contributed by atoms with Crippen molar-refractivity contribution in [3.8, 4) is 0 Å². The summed E-state index contributed by atoms with van der Waals surface area (Å²) in [5.74, 6) is 0.444. The molecule has 6 heteroatoms. The van der Waals surface area contributed by atoms with Crippen LogP contribution in [0.2, 0.25) is 0 Å². The summed E-state index contributed by atoms with van der Waals surface area (Å²) in [5, 5.41) is 4.84. The van der Waals surface area contributed by atoms with Crippen LogP contribution in [-0.4, -0.2) is 23.9 Å². The third-order valence-electron chi connectivity index (χ3n) is 5.29. The predicted molar refractivity (Wildman–Crippen MR) is 110 cm³/mol. The van der Waals surface area contributed by atoms with Gasteiger partial charge in [-0.1, -0.05) is 42.5 Å². The number of rotatable bonds is 5. The third kappa shape index (κ3) is 3.54. The van der Waals surface area contributed by atoms with Crippen molar-refractivity contribution in [3.05, 3.63) is 84.3 Å². The minimum absolute atomic E-state index is 0.134. The van der Waals surface area contributed by atoms with Gasteiger partial charge in [-0.2, -0.15) is 0 Å². The van der Waals surface area contributed by atoms with Gasteiger partial charge in [0.1, 0.15) is 5.54 Å². The third-order valence-corrected chi connectivity index (χ3v) is 5.29. The summed E-state index contributed by atoms with van der Waals surface area (Å²) in [7, 11) is 0. The number of carbonyl (C=O) groups is 2. The van der Waals surface area contributed by atoms with Gasteiger partial charge in [0.15, 0.2) is 18.3 Å². The molecular formula is C23H24N3O3+. The highest BCUT2D eigenvalue weighted by Gasteiger charge is 2.44. The molecule has 2 amide bonds. The number of carbonyl (C=O) groups excluding carboxylic acids is 2. The lowest BCUT2D eigenvalue weighted by atomic mass is 9.96. The number of amides is 2. The highest BCUT2D eigenvalue weighted by molar-refractivity contribution is 6.14. The second-order valence-corrected chi connectivity index (χ2v) is 7.60. The van der Waals surface area contributed by atoms with Crippen molar-refractivity contribution in [2.75, 3.05) is 16.8 Å². The van der Waals surface area contributed by atoms with E-state index in [0.717, 1.165) is 11.3 Å². The molecule has 0 saturated heterocycles. The van der Waals surface area contributed by atoms with Crippen molar-refractivity contribution in [1.82, 2.24) is 0 Å². The molecule has 3 aromatic rings. The van der Waals surface area contributed by atoms with Crippen LogP contribution in [0, 0.1) is 0 Å². The van der Waals surface area contributed by atoms with Crippen molar-refractivity contribution >= 4 is 23.2 Å². The van der Waals surface area contributed by atoms with E-state index in [2.05, 4.69) is 5.32 Å². The van der Waals surface area contributed by atoms with Crippen molar-refractivity contribution in [3.63, 3.8) is 0 Å². The quantitative estimate of drug-likeness (QED) is 0.703. The normalized spacial score (nSPS) is 16.1. The number of fused-ring (bicyclic) bond motifs is 1. The number of hydrogen-bond donors (Lipinski definition) is 2. The molecule has 148 valence electrons. The van der Waals surface area contributed by atoms with Crippen molar-refractivity contribution in [1.29, 1.82) is 0 Å². The van der Waals surface area contributed by atoms with Gasteiger partial charge in [-0.05, 0) is 38.1 Å². The van der Waals surface area contributed by atoms with E-state index in [1.54, 1.807) is 25.0 Å². The number of benzene rings is 2. The van der Waals surface area contributed by atoms with Crippen LogP contribution >= 0.6 is 0 Å². The van der Waals surface area contributed by atoms with Crippen molar-refractivity contribution in [2.45, 2.75) is 25.4 Å². The first-order chi connectivity index (χ1) is 14.0.